The Morgan fingerprint density at radius 3 is 2.50 bits per heavy atom. The van der Waals surface area contributed by atoms with E-state index in [1.54, 1.807) is 12.1 Å². The number of hydrogen-bond acceptors (Lipinski definition) is 9. The molecule has 40 heavy (non-hydrogen) atoms. The lowest BCUT2D eigenvalue weighted by molar-refractivity contribution is -0.138. The number of benzene rings is 2. The number of amides is 2. The molecular formula is C26H25F3N4O7. The zero-order chi connectivity index (χ0) is 29.1. The molecule has 3 aromatic rings. The van der Waals surface area contributed by atoms with Gasteiger partial charge in [-0.3, -0.25) is 9.59 Å². The van der Waals surface area contributed by atoms with Gasteiger partial charge in [-0.05, 0) is 42.3 Å². The van der Waals surface area contributed by atoms with Crippen LogP contribution in [-0.2, 0) is 22.3 Å². The lowest BCUT2D eigenvalue weighted by atomic mass is 9.96. The highest BCUT2D eigenvalue weighted by Gasteiger charge is 2.44. The summed E-state index contributed by atoms with van der Waals surface area (Å²) in [5, 5.41) is 33.9. The van der Waals surface area contributed by atoms with E-state index in [1.165, 1.54) is 25.1 Å². The van der Waals surface area contributed by atoms with Crippen LogP contribution in [0.1, 0.15) is 46.5 Å². The van der Waals surface area contributed by atoms with Gasteiger partial charge < -0.3 is 35.4 Å². The average Bonchev–Trinajstić information content (AvgIpc) is 3.37. The number of rotatable bonds is 8. The number of aliphatic hydroxyl groups is 1. The third-order valence-electron chi connectivity index (χ3n) is 6.21. The zero-order valence-electron chi connectivity index (χ0n) is 21.0. The smallest absolute Gasteiger partial charge is 0.419 e. The van der Waals surface area contributed by atoms with E-state index in [9.17, 15) is 38.1 Å². The summed E-state index contributed by atoms with van der Waals surface area (Å²) >= 11 is 0. The summed E-state index contributed by atoms with van der Waals surface area (Å²) in [6, 6.07) is 8.57. The van der Waals surface area contributed by atoms with Gasteiger partial charge in [0, 0.05) is 19.6 Å². The van der Waals surface area contributed by atoms with Crippen molar-refractivity contribution < 1.29 is 47.6 Å². The lowest BCUT2D eigenvalue weighted by Gasteiger charge is -2.27. The third kappa shape index (κ3) is 6.40. The molecule has 0 bridgehead atoms. The number of halogens is 3. The Labute approximate surface area is 225 Å². The summed E-state index contributed by atoms with van der Waals surface area (Å²) in [5.41, 5.74) is -2.13. The van der Waals surface area contributed by atoms with E-state index in [2.05, 4.69) is 20.6 Å². The van der Waals surface area contributed by atoms with Gasteiger partial charge in [-0.25, -0.2) is 4.98 Å². The van der Waals surface area contributed by atoms with E-state index in [-0.39, 0.29) is 43.1 Å². The van der Waals surface area contributed by atoms with Crippen molar-refractivity contribution in [3.05, 3.63) is 70.9 Å². The third-order valence-corrected chi connectivity index (χ3v) is 6.21. The molecule has 1 aliphatic heterocycles. The summed E-state index contributed by atoms with van der Waals surface area (Å²) in [6.07, 6.45) is -4.72. The maximum Gasteiger partial charge on any atom is 0.419 e. The maximum atomic E-state index is 13.5. The second kappa shape index (κ2) is 11.4. The first-order valence-corrected chi connectivity index (χ1v) is 12.0. The number of nitrogens with zero attached hydrogens (tertiary/aromatic N) is 2. The van der Waals surface area contributed by atoms with Gasteiger partial charge in [-0.1, -0.05) is 18.2 Å². The van der Waals surface area contributed by atoms with E-state index in [0.717, 1.165) is 18.3 Å². The molecule has 0 aliphatic carbocycles. The number of alkyl halides is 3. The van der Waals surface area contributed by atoms with Crippen LogP contribution >= 0.6 is 0 Å². The van der Waals surface area contributed by atoms with Crippen molar-refractivity contribution in [2.24, 2.45) is 0 Å². The van der Waals surface area contributed by atoms with Crippen molar-refractivity contribution in [2.45, 2.75) is 37.7 Å². The molecule has 2 amide bonds. The molecular weight excluding hydrogens is 537 g/mol. The van der Waals surface area contributed by atoms with Crippen molar-refractivity contribution in [1.29, 1.82) is 0 Å². The molecule has 1 saturated heterocycles. The average molecular weight is 563 g/mol. The Bertz CT molecular complexity index is 1390. The number of ether oxygens (including phenoxy) is 2. The molecule has 5 N–H and O–H groups in total. The minimum atomic E-state index is -4.70. The summed E-state index contributed by atoms with van der Waals surface area (Å²) in [5.74, 6) is -2.48. The van der Waals surface area contributed by atoms with Crippen LogP contribution in [0.3, 0.4) is 0 Å². The maximum absolute atomic E-state index is 13.5. The van der Waals surface area contributed by atoms with Crippen molar-refractivity contribution >= 4 is 11.8 Å². The van der Waals surface area contributed by atoms with E-state index < -0.39 is 52.8 Å². The summed E-state index contributed by atoms with van der Waals surface area (Å²) in [4.78, 5) is 32.5. The van der Waals surface area contributed by atoms with Gasteiger partial charge >= 0.3 is 12.2 Å². The number of aromatic nitrogens is 2. The van der Waals surface area contributed by atoms with Crippen LogP contribution in [0.4, 0.5) is 13.2 Å². The fourth-order valence-electron chi connectivity index (χ4n) is 3.98. The van der Waals surface area contributed by atoms with Gasteiger partial charge in [-0.15, -0.1) is 0 Å². The SMILES string of the molecule is CC(O)c1ccc(Oc2ccc(CNC(=O)C3(NC(=O)c4cnc(O)nc4O)CCOC3)cc2)c(C(F)(F)F)c1. The molecule has 1 aliphatic rings. The topological polar surface area (TPSA) is 163 Å². The fraction of sp³-hybridized carbons (Fsp3) is 0.308. The van der Waals surface area contributed by atoms with Gasteiger partial charge in [0.25, 0.3) is 5.91 Å². The van der Waals surface area contributed by atoms with E-state index in [1.807, 2.05) is 0 Å². The van der Waals surface area contributed by atoms with Crippen molar-refractivity contribution in [3.63, 3.8) is 0 Å². The van der Waals surface area contributed by atoms with Crippen LogP contribution < -0.4 is 15.4 Å². The lowest BCUT2D eigenvalue weighted by Crippen LogP contribution is -2.59. The highest BCUT2D eigenvalue weighted by atomic mass is 19.4. The molecule has 11 nitrogen and oxygen atoms in total. The molecule has 0 spiro atoms. The number of nitrogens with one attached hydrogen (secondary N) is 2. The van der Waals surface area contributed by atoms with Gasteiger partial charge in [-0.2, -0.15) is 18.2 Å². The molecule has 2 unspecified atom stereocenters. The molecule has 2 atom stereocenters. The van der Waals surface area contributed by atoms with Gasteiger partial charge in [0.15, 0.2) is 0 Å². The van der Waals surface area contributed by atoms with E-state index in [4.69, 9.17) is 9.47 Å². The number of hydrogen-bond donors (Lipinski definition) is 5. The normalized spacial score (nSPS) is 17.7. The molecule has 1 aromatic heterocycles. The molecule has 0 saturated carbocycles. The first-order valence-electron chi connectivity index (χ1n) is 12.0. The summed E-state index contributed by atoms with van der Waals surface area (Å²) in [6.45, 7) is 1.43. The first-order chi connectivity index (χ1) is 18.9. The largest absolute Gasteiger partial charge is 0.493 e. The Morgan fingerprint density at radius 2 is 1.90 bits per heavy atom. The van der Waals surface area contributed by atoms with E-state index >= 15 is 0 Å². The highest BCUT2D eigenvalue weighted by Crippen LogP contribution is 2.39. The predicted octanol–water partition coefficient (Wildman–Crippen LogP) is 2.96. The van der Waals surface area contributed by atoms with Crippen LogP contribution in [-0.4, -0.2) is 55.9 Å². The quantitative estimate of drug-likeness (QED) is 0.278. The number of aliphatic hydroxyl groups excluding tert-OH is 1. The second-order valence-corrected chi connectivity index (χ2v) is 9.10. The van der Waals surface area contributed by atoms with Crippen molar-refractivity contribution in [2.75, 3.05) is 13.2 Å². The van der Waals surface area contributed by atoms with Gasteiger partial charge in [0.05, 0.1) is 24.5 Å². The summed E-state index contributed by atoms with van der Waals surface area (Å²) < 4.78 is 51.4. The van der Waals surface area contributed by atoms with Crippen LogP contribution in [0.2, 0.25) is 0 Å². The van der Waals surface area contributed by atoms with Crippen molar-refractivity contribution in [3.8, 4) is 23.4 Å². The van der Waals surface area contributed by atoms with Crippen LogP contribution in [0.15, 0.2) is 48.7 Å². The molecule has 0 radical (unpaired) electrons. The number of aromatic hydroxyl groups is 2. The van der Waals surface area contributed by atoms with Gasteiger partial charge in [0.1, 0.15) is 22.6 Å². The molecule has 14 heteroatoms. The predicted molar refractivity (Wildman–Crippen MR) is 131 cm³/mol. The Hall–Kier alpha value is -4.43. The molecule has 212 valence electrons. The number of carbonyl (C=O) groups is 2. The zero-order valence-corrected chi connectivity index (χ0v) is 21.0. The van der Waals surface area contributed by atoms with Gasteiger partial charge in [0.2, 0.25) is 11.8 Å². The Kier molecular flexibility index (Phi) is 8.11. The highest BCUT2D eigenvalue weighted by molar-refractivity contribution is 6.00. The monoisotopic (exact) mass is 562 g/mol. The molecule has 2 heterocycles. The van der Waals surface area contributed by atoms with Crippen molar-refractivity contribution in [1.82, 2.24) is 20.6 Å². The fourth-order valence-corrected chi connectivity index (χ4v) is 3.98. The van der Waals surface area contributed by atoms with Crippen LogP contribution in [0.25, 0.3) is 0 Å². The first kappa shape index (κ1) is 28.6. The molecule has 1 fully saturated rings. The minimum absolute atomic E-state index is 0.0151. The minimum Gasteiger partial charge on any atom is -0.493 e. The molecule has 4 rings (SSSR count). The van der Waals surface area contributed by atoms with Crippen LogP contribution in [0, 0.1) is 0 Å². The Morgan fingerprint density at radius 1 is 1.18 bits per heavy atom. The summed E-state index contributed by atoms with van der Waals surface area (Å²) in [7, 11) is 0. The van der Waals surface area contributed by atoms with Crippen LogP contribution in [0.5, 0.6) is 23.4 Å². The standard InChI is InChI=1S/C26H25F3N4O7/c1-14(34)16-4-7-20(19(10-16)26(27,28)29)40-17-5-2-15(3-6-17)11-30-23(37)25(8-9-39-13-25)33-22(36)18-12-31-24(38)32-21(18)35/h2-7,10,12,14,34H,8-9,11,13H2,1H3,(H,30,37)(H,33,36)(H2,31,32,35,38). The second-order valence-electron chi connectivity index (χ2n) is 9.10. The Balaban J connectivity index is 1.42. The molecule has 2 aromatic carbocycles. The number of carbonyl (C=O) groups excluding carboxylic acids is 2. The van der Waals surface area contributed by atoms with E-state index in [0.29, 0.717) is 5.56 Å².